The number of nitrogens with zero attached hydrogens (tertiary/aromatic N) is 6. The maximum atomic E-state index is 13.9. The van der Waals surface area contributed by atoms with Gasteiger partial charge >= 0.3 is 33.4 Å². The zero-order valence-electron chi connectivity index (χ0n) is 37.6. The van der Waals surface area contributed by atoms with E-state index in [9.17, 15) is 62.4 Å². The number of amides is 2. The van der Waals surface area contributed by atoms with E-state index in [4.69, 9.17) is 39.5 Å². The number of nitrogens with one attached hydrogen (secondary N) is 2. The van der Waals surface area contributed by atoms with Crippen LogP contribution < -0.4 is 27.8 Å². The summed E-state index contributed by atoms with van der Waals surface area (Å²) in [7, 11) is -10.7. The van der Waals surface area contributed by atoms with Crippen LogP contribution in [-0.4, -0.2) is 139 Å². The maximum absolute atomic E-state index is 13.9. The zero-order valence-corrected chi connectivity index (χ0v) is 40.2. The maximum Gasteiger partial charge on any atom is 0.472 e. The number of hydrogen-bond acceptors (Lipinski definition) is 23. The van der Waals surface area contributed by atoms with Gasteiger partial charge in [0.25, 0.3) is 0 Å². The summed E-state index contributed by atoms with van der Waals surface area (Å²) in [5, 5.41) is 27.2. The topological polar surface area (TPSA) is 423 Å². The van der Waals surface area contributed by atoms with Gasteiger partial charge in [-0.3, -0.25) is 32.3 Å². The average molecular weight is 1080 g/mol. The molecule has 0 bridgehead atoms. The van der Waals surface area contributed by atoms with Crippen LogP contribution in [0.25, 0.3) is 11.2 Å². The number of hydrogen-bond donors (Lipinski definition) is 9. The van der Waals surface area contributed by atoms with Gasteiger partial charge in [-0.1, -0.05) is 36.0 Å². The van der Waals surface area contributed by atoms with Gasteiger partial charge in [-0.2, -0.15) is 4.98 Å². The number of nitrogens with two attached hydrogens (primary N) is 2. The molecule has 5 aromatic rings. The van der Waals surface area contributed by atoms with Crippen LogP contribution in [0.1, 0.15) is 30.0 Å². The molecule has 2 aliphatic heterocycles. The van der Waals surface area contributed by atoms with Crippen molar-refractivity contribution in [1.82, 2.24) is 34.4 Å². The fourth-order valence-electron chi connectivity index (χ4n) is 7.31. The highest BCUT2D eigenvalue weighted by Gasteiger charge is 2.52. The molecule has 2 aromatic carbocycles. The summed E-state index contributed by atoms with van der Waals surface area (Å²) >= 11 is 0.706. The number of thioether (sulfide) groups is 1. The van der Waals surface area contributed by atoms with Crippen LogP contribution >= 0.6 is 27.4 Å². The van der Waals surface area contributed by atoms with Gasteiger partial charge in [-0.15, -0.1) is 0 Å². The number of esters is 1. The first-order valence-electron chi connectivity index (χ1n) is 21.2. The number of phosphoric acid groups is 2. The van der Waals surface area contributed by atoms with Crippen molar-refractivity contribution in [3.8, 4) is 0 Å². The van der Waals surface area contributed by atoms with Crippen LogP contribution in [0.15, 0.2) is 78.2 Å². The van der Waals surface area contributed by atoms with Crippen molar-refractivity contribution in [3.63, 3.8) is 0 Å². The van der Waals surface area contributed by atoms with Gasteiger partial charge in [0.2, 0.25) is 5.91 Å². The number of halogens is 1. The molecule has 2 aliphatic rings. The van der Waals surface area contributed by atoms with Crippen molar-refractivity contribution >= 4 is 79.0 Å². The first kappa shape index (κ1) is 54.5. The fourth-order valence-corrected chi connectivity index (χ4v) is 8.95. The molecule has 33 heteroatoms. The molecule has 2 fully saturated rings. The summed E-state index contributed by atoms with van der Waals surface area (Å²) in [4.78, 5) is 110. The molecule has 7 rings (SSSR count). The van der Waals surface area contributed by atoms with E-state index in [0.29, 0.717) is 33.1 Å². The summed E-state index contributed by atoms with van der Waals surface area (Å²) in [5.41, 5.74) is 11.9. The molecule has 73 heavy (non-hydrogen) atoms. The van der Waals surface area contributed by atoms with Crippen molar-refractivity contribution in [3.05, 3.63) is 101 Å². The first-order valence-corrected chi connectivity index (χ1v) is 25.5. The average Bonchev–Trinajstić information content (AvgIpc) is 4.00. The largest absolute Gasteiger partial charge is 0.472 e. The van der Waals surface area contributed by atoms with Crippen molar-refractivity contribution in [2.45, 2.75) is 74.6 Å². The van der Waals surface area contributed by atoms with E-state index in [1.54, 1.807) is 0 Å². The van der Waals surface area contributed by atoms with Gasteiger partial charge in [0.15, 0.2) is 35.1 Å². The highest BCUT2D eigenvalue weighted by molar-refractivity contribution is 8.13. The standard InChI is InChI=1S/C40H45FN10O19P2S/c1-73-28(53)13-23(48-40(58)64-14-20-4-8-22(9-5-20)47-27(52)12-19-2-6-21(41)7-3-19)38(56)69-32-24(67-37(30(32)54)51-18-46-29-34(43)44-17-45-35(29)51)16-66-72(62,63)70-33-25(15-65-71(59,60)61)68-36(31(33)55)50-11-10-26(42)49-39(50)57/h2-11,17-18,23-25,30-33,36-37,54-55H,12-16H2,1H3,(H,47,52)(H,48,58)(H,62,63)(H2,42,49,57)(H2,43,44,45)(H2,59,60,61)/t23-,24+,25+,30+,31+,32+,33+,36?,37?/m0/s1. The molecular formula is C40H45FN10O19P2S. The lowest BCUT2D eigenvalue weighted by Gasteiger charge is -2.26. The second-order valence-electron chi connectivity index (χ2n) is 15.9. The van der Waals surface area contributed by atoms with Gasteiger partial charge in [0.05, 0.1) is 26.0 Å². The number of phosphoric ester groups is 2. The van der Waals surface area contributed by atoms with E-state index in [1.165, 1.54) is 59.4 Å². The lowest BCUT2D eigenvalue weighted by atomic mass is 10.1. The molecule has 0 saturated carbocycles. The monoisotopic (exact) mass is 1080 g/mol. The molecule has 11 N–H and O–H groups in total. The van der Waals surface area contributed by atoms with Crippen LogP contribution in [0.2, 0.25) is 0 Å². The van der Waals surface area contributed by atoms with Crippen molar-refractivity contribution in [2.24, 2.45) is 0 Å². The van der Waals surface area contributed by atoms with Crippen LogP contribution in [0.4, 0.5) is 26.5 Å². The van der Waals surface area contributed by atoms with Crippen molar-refractivity contribution in [1.29, 1.82) is 0 Å². The van der Waals surface area contributed by atoms with Gasteiger partial charge in [-0.25, -0.2) is 42.9 Å². The Hall–Kier alpha value is -6.31. The molecular weight excluding hydrogens is 1040 g/mol. The van der Waals surface area contributed by atoms with Gasteiger partial charge in [0, 0.05) is 18.3 Å². The number of imidazole rings is 1. The number of aliphatic hydroxyl groups excluding tert-OH is 2. The molecule has 2 saturated heterocycles. The predicted molar refractivity (Wildman–Crippen MR) is 246 cm³/mol. The number of alkyl carbamates (subject to hydrolysis) is 1. The Morgan fingerprint density at radius 3 is 2.19 bits per heavy atom. The summed E-state index contributed by atoms with van der Waals surface area (Å²) in [5.74, 6) is -2.44. The van der Waals surface area contributed by atoms with Crippen LogP contribution in [0.5, 0.6) is 0 Å². The third-order valence-electron chi connectivity index (χ3n) is 10.8. The zero-order chi connectivity index (χ0) is 52.8. The first-order chi connectivity index (χ1) is 34.6. The second kappa shape index (κ2) is 23.3. The smallest absolute Gasteiger partial charge is 0.455 e. The van der Waals surface area contributed by atoms with Gasteiger partial charge in [0.1, 0.15) is 66.6 Å². The molecule has 392 valence electrons. The molecule has 10 atom stereocenters. The number of nitrogen functional groups attached to an aromatic ring is 2. The van der Waals surface area contributed by atoms with E-state index in [2.05, 4.69) is 35.1 Å². The summed E-state index contributed by atoms with van der Waals surface area (Å²) in [6.45, 7) is -2.51. The summed E-state index contributed by atoms with van der Waals surface area (Å²) in [6, 6.07) is 10.9. The van der Waals surface area contributed by atoms with Gasteiger partial charge < -0.3 is 65.9 Å². The molecule has 0 radical (unpaired) electrons. The number of aromatic nitrogens is 6. The number of fused-ring (bicyclic) bond motifs is 1. The minimum absolute atomic E-state index is 0.0113. The van der Waals surface area contributed by atoms with E-state index in [-0.39, 0.29) is 41.7 Å². The molecule has 0 spiro atoms. The Balaban J connectivity index is 1.05. The molecule has 3 aromatic heterocycles. The number of rotatable bonds is 20. The third kappa shape index (κ3) is 14.1. The fraction of sp³-hybridized carbons (Fsp3) is 0.375. The lowest BCUT2D eigenvalue weighted by molar-refractivity contribution is -0.159. The summed E-state index contributed by atoms with van der Waals surface area (Å²) in [6.07, 6.45) is -11.9. The van der Waals surface area contributed by atoms with E-state index >= 15 is 0 Å². The molecule has 2 amide bonds. The molecule has 3 unspecified atom stereocenters. The number of ether oxygens (including phenoxy) is 4. The Kier molecular flexibility index (Phi) is 17.4. The molecule has 0 aliphatic carbocycles. The summed E-state index contributed by atoms with van der Waals surface area (Å²) < 4.78 is 77.8. The number of benzene rings is 2. The van der Waals surface area contributed by atoms with E-state index in [1.807, 2.05) is 0 Å². The minimum atomic E-state index is -5.52. The van der Waals surface area contributed by atoms with E-state index < -0.39 is 119 Å². The van der Waals surface area contributed by atoms with Crippen LogP contribution in [-0.2, 0) is 69.1 Å². The number of aliphatic hydroxyl groups is 2. The van der Waals surface area contributed by atoms with Crippen LogP contribution in [0, 0.1) is 5.82 Å². The normalized spacial score (nSPS) is 23.1. The predicted octanol–water partition coefficient (Wildman–Crippen LogP) is 0.183. The lowest BCUT2D eigenvalue weighted by Crippen LogP contribution is -2.47. The minimum Gasteiger partial charge on any atom is -0.455 e. The quantitative estimate of drug-likeness (QED) is 0.0371. The highest BCUT2D eigenvalue weighted by Crippen LogP contribution is 2.50. The number of carbonyl (C=O) groups excluding carboxylic acids is 4. The Bertz CT molecular complexity index is 2970. The van der Waals surface area contributed by atoms with Gasteiger partial charge in [-0.05, 0) is 47.7 Å². The number of anilines is 3. The molecule has 29 nitrogen and oxygen atoms in total. The second-order valence-corrected chi connectivity index (χ2v) is 19.4. The highest BCUT2D eigenvalue weighted by atomic mass is 32.2. The Morgan fingerprint density at radius 2 is 1.52 bits per heavy atom. The third-order valence-corrected chi connectivity index (χ3v) is 12.9. The number of carbonyl (C=O) groups is 4. The SMILES string of the molecule is CSC(=O)C[C@H](NC(=O)OCc1ccc(NC(=O)Cc2ccc(F)cc2)cc1)C(=O)O[C@@H]1[C@@H](COP(=O)(O)O[C@@H]2[C@@H](COP(=O)(O)O)OC(n3ccc(N)nc3=O)[C@@H]2O)OC(n2cnc3c(N)ncnc32)[C@@H]1O. The van der Waals surface area contributed by atoms with Crippen molar-refractivity contribution < 1.29 is 90.1 Å². The van der Waals surface area contributed by atoms with Crippen LogP contribution in [0.3, 0.4) is 0 Å². The molecule has 5 heterocycles. The van der Waals surface area contributed by atoms with Crippen molar-refractivity contribution in [2.75, 3.05) is 36.3 Å². The Labute approximate surface area is 414 Å². The Morgan fingerprint density at radius 1 is 0.877 bits per heavy atom. The van der Waals surface area contributed by atoms with E-state index in [0.717, 1.165) is 24.9 Å².